The Morgan fingerprint density at radius 1 is 1.08 bits per heavy atom. The Bertz CT molecular complexity index is 970. The molecule has 2 aromatic carbocycles. The first-order valence-corrected chi connectivity index (χ1v) is 8.88. The van der Waals surface area contributed by atoms with E-state index in [1.807, 2.05) is 10.8 Å². The van der Waals surface area contributed by atoms with Crippen LogP contribution < -0.4 is 9.46 Å². The number of amides is 1. The number of H-pyrrole nitrogens is 1. The predicted molar refractivity (Wildman–Crippen MR) is 90.3 cm³/mol. The van der Waals surface area contributed by atoms with E-state index in [0.717, 1.165) is 10.9 Å². The molecule has 8 heteroatoms. The quantitative estimate of drug-likeness (QED) is 0.681. The first kappa shape index (κ1) is 16.4. The number of alkyl halides is 1. The minimum absolute atomic E-state index is 0.0325. The molecule has 0 aliphatic carbocycles. The number of ether oxygens (including phenoxy) is 1. The maximum Gasteiger partial charge on any atom is 0.290 e. The number of rotatable bonds is 5. The molecule has 6 nitrogen and oxygen atoms in total. The number of hydrogen-bond donors (Lipinski definition) is 2. The molecule has 2 N–H and O–H groups in total. The van der Waals surface area contributed by atoms with Crippen molar-refractivity contribution < 1.29 is 17.9 Å². The zero-order valence-electron chi connectivity index (χ0n) is 12.3. The van der Waals surface area contributed by atoms with Crippen molar-refractivity contribution in [1.29, 1.82) is 0 Å². The van der Waals surface area contributed by atoms with Crippen LogP contribution in [-0.4, -0.2) is 24.9 Å². The van der Waals surface area contributed by atoms with Gasteiger partial charge in [-0.25, -0.2) is 13.1 Å². The number of carbonyl (C=O) groups is 1. The summed E-state index contributed by atoms with van der Waals surface area (Å²) in [6.07, 6.45) is 1.72. The number of nitrogens with one attached hydrogen (secondary N) is 2. The largest absolute Gasteiger partial charge is 0.464 e. The van der Waals surface area contributed by atoms with E-state index in [1.54, 1.807) is 42.6 Å². The van der Waals surface area contributed by atoms with Crippen molar-refractivity contribution in [3.05, 3.63) is 60.8 Å². The SMILES string of the molecule is O=C(NS(=O)(=O)c1ccccc1)C(Cl)Oc1cccc2[nH]ccc12. The highest BCUT2D eigenvalue weighted by molar-refractivity contribution is 7.90. The average molecular weight is 365 g/mol. The summed E-state index contributed by atoms with van der Waals surface area (Å²) in [5.41, 5.74) is -0.683. The predicted octanol–water partition coefficient (Wildman–Crippen LogP) is 2.62. The number of aromatic amines is 1. The highest BCUT2D eigenvalue weighted by Crippen LogP contribution is 2.26. The molecule has 1 heterocycles. The Balaban J connectivity index is 1.75. The summed E-state index contributed by atoms with van der Waals surface area (Å²) in [4.78, 5) is 15.0. The van der Waals surface area contributed by atoms with E-state index in [9.17, 15) is 13.2 Å². The standard InChI is InChI=1S/C16H13ClN2O4S/c17-15(23-14-8-4-7-13-12(14)9-10-18-13)16(20)19-24(21,22)11-5-2-1-3-6-11/h1-10,15,18H,(H,19,20). The molecule has 124 valence electrons. The molecule has 1 atom stereocenters. The van der Waals surface area contributed by atoms with Crippen molar-refractivity contribution in [2.75, 3.05) is 0 Å². The van der Waals surface area contributed by atoms with Crippen molar-refractivity contribution in [3.63, 3.8) is 0 Å². The summed E-state index contributed by atoms with van der Waals surface area (Å²) in [5.74, 6) is -0.589. The summed E-state index contributed by atoms with van der Waals surface area (Å²) in [5, 5.41) is 0.738. The van der Waals surface area contributed by atoms with Gasteiger partial charge in [-0.2, -0.15) is 0 Å². The van der Waals surface area contributed by atoms with Gasteiger partial charge < -0.3 is 9.72 Å². The molecule has 3 rings (SSSR count). The molecule has 0 spiro atoms. The van der Waals surface area contributed by atoms with Crippen LogP contribution in [0, 0.1) is 0 Å². The average Bonchev–Trinajstić information content (AvgIpc) is 3.05. The van der Waals surface area contributed by atoms with E-state index >= 15 is 0 Å². The number of sulfonamides is 1. The van der Waals surface area contributed by atoms with Gasteiger partial charge in [0.25, 0.3) is 21.5 Å². The molecule has 1 aromatic heterocycles. The van der Waals surface area contributed by atoms with Crippen molar-refractivity contribution in [2.45, 2.75) is 10.5 Å². The van der Waals surface area contributed by atoms with Crippen LogP contribution in [0.25, 0.3) is 10.9 Å². The lowest BCUT2D eigenvalue weighted by atomic mass is 10.2. The van der Waals surface area contributed by atoms with Gasteiger partial charge in [0.15, 0.2) is 0 Å². The minimum atomic E-state index is -4.00. The van der Waals surface area contributed by atoms with Crippen LogP contribution in [0.5, 0.6) is 5.75 Å². The normalized spacial score (nSPS) is 12.7. The van der Waals surface area contributed by atoms with Crippen LogP contribution in [-0.2, 0) is 14.8 Å². The van der Waals surface area contributed by atoms with Gasteiger partial charge in [0, 0.05) is 17.1 Å². The first-order chi connectivity index (χ1) is 11.5. The zero-order valence-corrected chi connectivity index (χ0v) is 13.8. The third-order valence-electron chi connectivity index (χ3n) is 3.28. The number of aromatic nitrogens is 1. The van der Waals surface area contributed by atoms with Crippen molar-refractivity contribution >= 4 is 38.4 Å². The monoisotopic (exact) mass is 364 g/mol. The van der Waals surface area contributed by atoms with Gasteiger partial charge in [0.2, 0.25) is 0 Å². The number of hydrogen-bond acceptors (Lipinski definition) is 4. The van der Waals surface area contributed by atoms with Gasteiger partial charge in [-0.05, 0) is 30.3 Å². The molecule has 0 radical (unpaired) electrons. The Morgan fingerprint density at radius 2 is 1.83 bits per heavy atom. The second-order valence-electron chi connectivity index (χ2n) is 4.91. The molecule has 0 saturated carbocycles. The Hall–Kier alpha value is -2.51. The lowest BCUT2D eigenvalue weighted by molar-refractivity contribution is -0.122. The molecule has 1 amide bonds. The highest BCUT2D eigenvalue weighted by Gasteiger charge is 2.24. The lowest BCUT2D eigenvalue weighted by Crippen LogP contribution is -2.38. The van der Waals surface area contributed by atoms with Crippen LogP contribution >= 0.6 is 11.6 Å². The highest BCUT2D eigenvalue weighted by atomic mass is 35.5. The van der Waals surface area contributed by atoms with Crippen LogP contribution in [0.2, 0.25) is 0 Å². The van der Waals surface area contributed by atoms with E-state index in [2.05, 4.69) is 4.98 Å². The third kappa shape index (κ3) is 3.37. The fourth-order valence-electron chi connectivity index (χ4n) is 2.16. The van der Waals surface area contributed by atoms with Crippen molar-refractivity contribution in [2.24, 2.45) is 0 Å². The molecule has 0 fully saturated rings. The topological polar surface area (TPSA) is 88.3 Å². The number of halogens is 1. The molecular formula is C16H13ClN2O4S. The zero-order chi connectivity index (χ0) is 17.2. The van der Waals surface area contributed by atoms with E-state index in [1.165, 1.54) is 12.1 Å². The van der Waals surface area contributed by atoms with E-state index in [4.69, 9.17) is 16.3 Å². The summed E-state index contributed by atoms with van der Waals surface area (Å²) in [6, 6.07) is 14.5. The van der Waals surface area contributed by atoms with Crippen LogP contribution in [0.3, 0.4) is 0 Å². The molecule has 0 saturated heterocycles. The third-order valence-corrected chi connectivity index (χ3v) is 4.93. The molecule has 1 unspecified atom stereocenters. The molecule has 0 bridgehead atoms. The fourth-order valence-corrected chi connectivity index (χ4v) is 3.38. The maximum absolute atomic E-state index is 12.1. The van der Waals surface area contributed by atoms with Gasteiger partial charge in [0.05, 0.1) is 4.90 Å². The second-order valence-corrected chi connectivity index (χ2v) is 6.99. The molecule has 24 heavy (non-hydrogen) atoms. The molecule has 0 aliphatic rings. The van der Waals surface area contributed by atoms with Gasteiger partial charge in [0.1, 0.15) is 5.75 Å². The van der Waals surface area contributed by atoms with E-state index in [-0.39, 0.29) is 4.90 Å². The summed E-state index contributed by atoms with van der Waals surface area (Å²) >= 11 is 5.92. The van der Waals surface area contributed by atoms with E-state index in [0.29, 0.717) is 5.75 Å². The van der Waals surface area contributed by atoms with E-state index < -0.39 is 21.5 Å². The number of fused-ring (bicyclic) bond motifs is 1. The van der Waals surface area contributed by atoms with Crippen LogP contribution in [0.1, 0.15) is 0 Å². The smallest absolute Gasteiger partial charge is 0.290 e. The summed E-state index contributed by atoms with van der Waals surface area (Å²) in [7, 11) is -4.00. The maximum atomic E-state index is 12.1. The lowest BCUT2D eigenvalue weighted by Gasteiger charge is -2.14. The number of carbonyl (C=O) groups excluding carboxylic acids is 1. The van der Waals surface area contributed by atoms with Gasteiger partial charge in [-0.15, -0.1) is 0 Å². The molecule has 0 aliphatic heterocycles. The summed E-state index contributed by atoms with van der Waals surface area (Å²) < 4.78 is 31.5. The fraction of sp³-hybridized carbons (Fsp3) is 0.0625. The number of benzene rings is 2. The summed E-state index contributed by atoms with van der Waals surface area (Å²) in [6.45, 7) is 0. The van der Waals surface area contributed by atoms with Gasteiger partial charge in [-0.3, -0.25) is 4.79 Å². The minimum Gasteiger partial charge on any atom is -0.464 e. The van der Waals surface area contributed by atoms with Gasteiger partial charge >= 0.3 is 0 Å². The van der Waals surface area contributed by atoms with Crippen LogP contribution in [0.4, 0.5) is 0 Å². The Labute approximate surface area is 143 Å². The Kier molecular flexibility index (Phi) is 4.46. The van der Waals surface area contributed by atoms with Crippen molar-refractivity contribution in [3.8, 4) is 5.75 Å². The Morgan fingerprint density at radius 3 is 2.58 bits per heavy atom. The second kappa shape index (κ2) is 6.54. The van der Waals surface area contributed by atoms with Crippen molar-refractivity contribution in [1.82, 2.24) is 9.71 Å². The molecule has 3 aromatic rings. The van der Waals surface area contributed by atoms with Gasteiger partial charge in [-0.1, -0.05) is 35.9 Å². The van der Waals surface area contributed by atoms with Crippen LogP contribution in [0.15, 0.2) is 65.7 Å². The first-order valence-electron chi connectivity index (χ1n) is 6.96. The molecular weight excluding hydrogens is 352 g/mol.